The van der Waals surface area contributed by atoms with E-state index in [4.69, 9.17) is 4.42 Å². The van der Waals surface area contributed by atoms with E-state index in [0.29, 0.717) is 11.5 Å². The second kappa shape index (κ2) is 5.14. The lowest BCUT2D eigenvalue weighted by atomic mass is 10.2. The van der Waals surface area contributed by atoms with Gasteiger partial charge in [0.15, 0.2) is 5.43 Å². The highest BCUT2D eigenvalue weighted by atomic mass is 16.4. The monoisotopic (exact) mass is 248 g/mol. The highest BCUT2D eigenvalue weighted by Crippen LogP contribution is 2.17. The second-order valence-electron chi connectivity index (χ2n) is 4.12. The van der Waals surface area contributed by atoms with Crippen LogP contribution in [0.3, 0.4) is 0 Å². The molecule has 0 aliphatic rings. The smallest absolute Gasteiger partial charge is 0.253 e. The van der Waals surface area contributed by atoms with Crippen LogP contribution in [-0.4, -0.2) is 21.7 Å². The fraction of sp³-hybridized carbons (Fsp3) is 0.417. The molecule has 1 unspecified atom stereocenters. The first-order valence-electron chi connectivity index (χ1n) is 5.88. The fourth-order valence-electron chi connectivity index (χ4n) is 1.65. The number of rotatable bonds is 4. The molecule has 0 aliphatic heterocycles. The minimum absolute atomic E-state index is 0.0271. The van der Waals surface area contributed by atoms with Crippen molar-refractivity contribution in [3.05, 3.63) is 34.1 Å². The van der Waals surface area contributed by atoms with Crippen LogP contribution >= 0.6 is 0 Å². The van der Waals surface area contributed by atoms with E-state index in [-0.39, 0.29) is 17.4 Å². The highest BCUT2D eigenvalue weighted by Gasteiger charge is 2.15. The van der Waals surface area contributed by atoms with Crippen molar-refractivity contribution in [2.45, 2.75) is 26.8 Å². The van der Waals surface area contributed by atoms with E-state index in [1.165, 1.54) is 6.07 Å². The van der Waals surface area contributed by atoms with Crippen LogP contribution in [0.4, 0.5) is 0 Å². The van der Waals surface area contributed by atoms with E-state index in [0.717, 1.165) is 12.2 Å². The van der Waals surface area contributed by atoms with Gasteiger partial charge in [0.2, 0.25) is 5.89 Å². The molecule has 6 nitrogen and oxygen atoms in total. The van der Waals surface area contributed by atoms with Gasteiger partial charge in [-0.25, -0.2) is 0 Å². The standard InChI is InChI=1S/C12H16N4O2/c1-4-13-8(3)11-15-16-12(18-11)9-6-14-7(2)5-10(9)17/h5-6,8,13H,4H2,1-3H3,(H,14,17). The molecule has 2 N–H and O–H groups in total. The number of pyridine rings is 1. The van der Waals surface area contributed by atoms with Crippen molar-refractivity contribution in [1.82, 2.24) is 20.5 Å². The molecule has 2 aromatic rings. The van der Waals surface area contributed by atoms with E-state index in [1.807, 2.05) is 20.8 Å². The first-order valence-corrected chi connectivity index (χ1v) is 5.88. The van der Waals surface area contributed by atoms with Crippen molar-refractivity contribution in [2.75, 3.05) is 6.54 Å². The van der Waals surface area contributed by atoms with Gasteiger partial charge < -0.3 is 14.7 Å². The molecule has 0 spiro atoms. The largest absolute Gasteiger partial charge is 0.419 e. The Kier molecular flexibility index (Phi) is 3.57. The number of aromatic nitrogens is 3. The Labute approximate surface area is 104 Å². The molecule has 1 atom stereocenters. The summed E-state index contributed by atoms with van der Waals surface area (Å²) < 4.78 is 5.50. The molecule has 2 heterocycles. The van der Waals surface area contributed by atoms with Crippen molar-refractivity contribution < 1.29 is 4.42 Å². The Hall–Kier alpha value is -1.95. The number of H-pyrrole nitrogens is 1. The van der Waals surface area contributed by atoms with Gasteiger partial charge in [-0.15, -0.1) is 10.2 Å². The summed E-state index contributed by atoms with van der Waals surface area (Å²) in [5.41, 5.74) is 1.06. The lowest BCUT2D eigenvalue weighted by Gasteiger charge is -2.05. The molecule has 0 aliphatic carbocycles. The fourth-order valence-corrected chi connectivity index (χ4v) is 1.65. The summed E-state index contributed by atoms with van der Waals surface area (Å²) in [6.45, 7) is 6.56. The van der Waals surface area contributed by atoms with E-state index < -0.39 is 0 Å². The van der Waals surface area contributed by atoms with E-state index in [2.05, 4.69) is 20.5 Å². The summed E-state index contributed by atoms with van der Waals surface area (Å²) in [5.74, 6) is 0.725. The van der Waals surface area contributed by atoms with E-state index in [9.17, 15) is 4.79 Å². The van der Waals surface area contributed by atoms with Crippen LogP contribution in [0.15, 0.2) is 21.5 Å². The quantitative estimate of drug-likeness (QED) is 0.854. The Morgan fingerprint density at radius 3 is 2.94 bits per heavy atom. The number of hydrogen-bond acceptors (Lipinski definition) is 5. The van der Waals surface area contributed by atoms with Crippen molar-refractivity contribution in [3.8, 4) is 11.5 Å². The molecule has 2 rings (SSSR count). The molecule has 0 fully saturated rings. The number of nitrogens with one attached hydrogen (secondary N) is 2. The zero-order valence-corrected chi connectivity index (χ0v) is 10.7. The van der Waals surface area contributed by atoms with Gasteiger partial charge >= 0.3 is 0 Å². The molecule has 2 aromatic heterocycles. The number of aryl methyl sites for hydroxylation is 1. The van der Waals surface area contributed by atoms with Crippen LogP contribution < -0.4 is 10.7 Å². The molecule has 0 saturated heterocycles. The first-order chi connectivity index (χ1) is 8.61. The van der Waals surface area contributed by atoms with Crippen molar-refractivity contribution in [1.29, 1.82) is 0 Å². The summed E-state index contributed by atoms with van der Waals surface area (Å²) in [4.78, 5) is 14.7. The molecule has 18 heavy (non-hydrogen) atoms. The lowest BCUT2D eigenvalue weighted by Crippen LogP contribution is -2.17. The molecule has 0 saturated carbocycles. The lowest BCUT2D eigenvalue weighted by molar-refractivity contribution is 0.428. The van der Waals surface area contributed by atoms with Gasteiger partial charge in [0.25, 0.3) is 5.89 Å². The van der Waals surface area contributed by atoms with Gasteiger partial charge in [0, 0.05) is 18.0 Å². The molecule has 0 radical (unpaired) electrons. The Morgan fingerprint density at radius 1 is 1.50 bits per heavy atom. The Bertz CT molecular complexity index is 588. The van der Waals surface area contributed by atoms with Gasteiger partial charge in [-0.3, -0.25) is 4.79 Å². The van der Waals surface area contributed by atoms with Crippen molar-refractivity contribution in [3.63, 3.8) is 0 Å². The zero-order chi connectivity index (χ0) is 13.1. The molecular weight excluding hydrogens is 232 g/mol. The van der Waals surface area contributed by atoms with Crippen LogP contribution in [0.5, 0.6) is 0 Å². The summed E-state index contributed by atoms with van der Waals surface area (Å²) in [5, 5.41) is 11.0. The van der Waals surface area contributed by atoms with Crippen LogP contribution in [0.2, 0.25) is 0 Å². The SMILES string of the molecule is CCNC(C)c1nnc(-c2c[nH]c(C)cc2=O)o1. The van der Waals surface area contributed by atoms with Crippen LogP contribution in [0.1, 0.15) is 31.5 Å². The second-order valence-corrected chi connectivity index (χ2v) is 4.12. The number of hydrogen-bond donors (Lipinski definition) is 2. The molecule has 0 bridgehead atoms. The van der Waals surface area contributed by atoms with Gasteiger partial charge in [-0.1, -0.05) is 6.92 Å². The predicted octanol–water partition coefficient (Wildman–Crippen LogP) is 1.40. The third kappa shape index (κ3) is 2.48. The van der Waals surface area contributed by atoms with Gasteiger partial charge in [-0.05, 0) is 20.4 Å². The number of aromatic amines is 1. The average Bonchev–Trinajstić information content (AvgIpc) is 2.78. The van der Waals surface area contributed by atoms with Crippen LogP contribution in [0.25, 0.3) is 11.5 Å². The van der Waals surface area contributed by atoms with E-state index in [1.54, 1.807) is 6.20 Å². The summed E-state index contributed by atoms with van der Waals surface area (Å²) in [6.07, 6.45) is 1.59. The summed E-state index contributed by atoms with van der Waals surface area (Å²) >= 11 is 0. The van der Waals surface area contributed by atoms with Crippen molar-refractivity contribution in [2.24, 2.45) is 0 Å². The maximum atomic E-state index is 11.8. The zero-order valence-electron chi connectivity index (χ0n) is 10.7. The van der Waals surface area contributed by atoms with E-state index >= 15 is 0 Å². The normalized spacial score (nSPS) is 12.6. The molecule has 6 heteroatoms. The molecule has 0 aromatic carbocycles. The average molecular weight is 248 g/mol. The maximum Gasteiger partial charge on any atom is 0.253 e. The van der Waals surface area contributed by atoms with Gasteiger partial charge in [0.05, 0.1) is 6.04 Å². The van der Waals surface area contributed by atoms with Crippen LogP contribution in [0, 0.1) is 6.92 Å². The highest BCUT2D eigenvalue weighted by molar-refractivity contribution is 5.50. The third-order valence-electron chi connectivity index (χ3n) is 2.61. The molecule has 0 amide bonds. The van der Waals surface area contributed by atoms with Gasteiger partial charge in [0.1, 0.15) is 5.56 Å². The Balaban J connectivity index is 2.32. The molecular formula is C12H16N4O2. The summed E-state index contributed by atoms with van der Waals surface area (Å²) in [7, 11) is 0. The Morgan fingerprint density at radius 2 is 2.28 bits per heavy atom. The minimum atomic E-state index is -0.127. The maximum absolute atomic E-state index is 11.8. The van der Waals surface area contributed by atoms with Gasteiger partial charge in [-0.2, -0.15) is 0 Å². The topological polar surface area (TPSA) is 83.8 Å². The first kappa shape index (κ1) is 12.5. The van der Waals surface area contributed by atoms with Crippen molar-refractivity contribution >= 4 is 0 Å². The molecule has 96 valence electrons. The van der Waals surface area contributed by atoms with Crippen LogP contribution in [-0.2, 0) is 0 Å². The number of nitrogens with zero attached hydrogens (tertiary/aromatic N) is 2. The predicted molar refractivity (Wildman–Crippen MR) is 67.2 cm³/mol. The summed E-state index contributed by atoms with van der Waals surface area (Å²) in [6, 6.07) is 1.48. The third-order valence-corrected chi connectivity index (χ3v) is 2.61. The minimum Gasteiger partial charge on any atom is -0.419 e.